The van der Waals surface area contributed by atoms with Gasteiger partial charge in [-0.3, -0.25) is 13.9 Å². The van der Waals surface area contributed by atoms with Gasteiger partial charge in [-0.1, -0.05) is 112 Å². The molecular weight excluding hydrogens is 721 g/mol. The topological polar surface area (TPSA) is 86.8 Å². The van der Waals surface area contributed by atoms with Gasteiger partial charge in [-0.15, -0.1) is 0 Å². The monoisotopic (exact) mass is 755 g/mol. The third kappa shape index (κ3) is 9.16. The summed E-state index contributed by atoms with van der Waals surface area (Å²) in [5, 5.41) is 3.62. The minimum atomic E-state index is -4.28. The number of aryl methyl sites for hydroxylation is 1. The molecule has 1 saturated carbocycles. The zero-order valence-electron chi connectivity index (χ0n) is 25.9. The van der Waals surface area contributed by atoms with E-state index in [4.69, 9.17) is 23.2 Å². The fourth-order valence-corrected chi connectivity index (χ4v) is 8.16. The minimum Gasteiger partial charge on any atom is -0.352 e. The van der Waals surface area contributed by atoms with E-state index >= 15 is 0 Å². The van der Waals surface area contributed by atoms with Crippen molar-refractivity contribution in [3.05, 3.63) is 128 Å². The number of hydrogen-bond acceptors (Lipinski definition) is 4. The number of rotatable bonds is 12. The molecule has 1 aliphatic rings. The Morgan fingerprint density at radius 1 is 0.872 bits per heavy atom. The summed E-state index contributed by atoms with van der Waals surface area (Å²) in [6.07, 6.45) is 4.06. The highest BCUT2D eigenvalue weighted by Gasteiger charge is 2.35. The second kappa shape index (κ2) is 15.7. The number of nitrogens with zero attached hydrogens (tertiary/aromatic N) is 2. The van der Waals surface area contributed by atoms with E-state index in [-0.39, 0.29) is 45.5 Å². The predicted octanol–water partition coefficient (Wildman–Crippen LogP) is 7.96. The van der Waals surface area contributed by atoms with Crippen LogP contribution in [0.4, 0.5) is 5.69 Å². The summed E-state index contributed by atoms with van der Waals surface area (Å²) in [6.45, 7) is 1.34. The van der Waals surface area contributed by atoms with Crippen molar-refractivity contribution >= 4 is 66.7 Å². The lowest BCUT2D eigenvalue weighted by Gasteiger charge is -2.34. The molecule has 1 atom stereocenters. The quantitative estimate of drug-likeness (QED) is 0.159. The largest absolute Gasteiger partial charge is 0.352 e. The van der Waals surface area contributed by atoms with Gasteiger partial charge in [0.2, 0.25) is 11.8 Å². The Kier molecular flexibility index (Phi) is 11.7. The maximum atomic E-state index is 14.7. The first kappa shape index (κ1) is 35.0. The normalized spacial score (nSPS) is 14.0. The molecule has 0 aromatic heterocycles. The molecule has 0 spiro atoms. The van der Waals surface area contributed by atoms with E-state index in [1.165, 1.54) is 35.2 Å². The first-order valence-electron chi connectivity index (χ1n) is 15.4. The summed E-state index contributed by atoms with van der Waals surface area (Å²) in [6, 6.07) is 26.9. The zero-order chi connectivity index (χ0) is 33.6. The summed E-state index contributed by atoms with van der Waals surface area (Å²) in [7, 11) is -4.28. The molecular formula is C36H36BrCl2N3O4S. The fourth-order valence-electron chi connectivity index (χ4n) is 5.80. The lowest BCUT2D eigenvalue weighted by Crippen LogP contribution is -2.54. The Labute approximate surface area is 295 Å². The van der Waals surface area contributed by atoms with Gasteiger partial charge in [-0.2, -0.15) is 0 Å². The predicted molar refractivity (Wildman–Crippen MR) is 191 cm³/mol. The lowest BCUT2D eigenvalue weighted by molar-refractivity contribution is -0.140. The third-order valence-corrected chi connectivity index (χ3v) is 11.0. The molecule has 0 bridgehead atoms. The van der Waals surface area contributed by atoms with E-state index in [0.29, 0.717) is 0 Å². The van der Waals surface area contributed by atoms with Gasteiger partial charge in [0, 0.05) is 33.5 Å². The first-order valence-corrected chi connectivity index (χ1v) is 18.4. The molecule has 1 aliphatic carbocycles. The molecule has 0 aliphatic heterocycles. The second-order valence-electron chi connectivity index (χ2n) is 11.8. The molecule has 4 aromatic carbocycles. The zero-order valence-corrected chi connectivity index (χ0v) is 29.8. The smallest absolute Gasteiger partial charge is 0.264 e. The fraction of sp³-hybridized carbons (Fsp3) is 0.278. The maximum absolute atomic E-state index is 14.7. The lowest BCUT2D eigenvalue weighted by atomic mass is 10.0. The number of carbonyl (C=O) groups excluding carboxylic acids is 2. The third-order valence-electron chi connectivity index (χ3n) is 8.24. The van der Waals surface area contributed by atoms with E-state index < -0.39 is 28.5 Å². The number of anilines is 1. The van der Waals surface area contributed by atoms with Crippen LogP contribution in [0, 0.1) is 6.92 Å². The van der Waals surface area contributed by atoms with Gasteiger partial charge in [0.15, 0.2) is 0 Å². The molecule has 5 rings (SSSR count). The van der Waals surface area contributed by atoms with E-state index in [9.17, 15) is 18.0 Å². The number of nitrogens with one attached hydrogen (secondary N) is 1. The molecule has 0 radical (unpaired) electrons. The summed E-state index contributed by atoms with van der Waals surface area (Å²) in [5.41, 5.74) is 2.67. The Morgan fingerprint density at radius 3 is 2.15 bits per heavy atom. The summed E-state index contributed by atoms with van der Waals surface area (Å²) in [5.74, 6) is -0.831. The highest BCUT2D eigenvalue weighted by atomic mass is 79.9. The van der Waals surface area contributed by atoms with Crippen LogP contribution in [0.3, 0.4) is 0 Å². The molecule has 246 valence electrons. The second-order valence-corrected chi connectivity index (χ2v) is 15.5. The molecule has 11 heteroatoms. The maximum Gasteiger partial charge on any atom is 0.264 e. The van der Waals surface area contributed by atoms with Gasteiger partial charge in [-0.05, 0) is 73.4 Å². The average molecular weight is 758 g/mol. The van der Waals surface area contributed by atoms with Gasteiger partial charge >= 0.3 is 0 Å². The van der Waals surface area contributed by atoms with Gasteiger partial charge in [0.05, 0.1) is 10.6 Å². The van der Waals surface area contributed by atoms with Gasteiger partial charge in [0.25, 0.3) is 10.0 Å². The highest BCUT2D eigenvalue weighted by molar-refractivity contribution is 9.10. The molecule has 2 amide bonds. The summed E-state index contributed by atoms with van der Waals surface area (Å²) >= 11 is 16.2. The van der Waals surface area contributed by atoms with Crippen LogP contribution < -0.4 is 9.62 Å². The van der Waals surface area contributed by atoms with Crippen molar-refractivity contribution in [1.82, 2.24) is 10.2 Å². The van der Waals surface area contributed by atoms with Crippen LogP contribution in [0.15, 0.2) is 106 Å². The van der Waals surface area contributed by atoms with Gasteiger partial charge in [0.1, 0.15) is 12.6 Å². The van der Waals surface area contributed by atoms with Crippen molar-refractivity contribution in [2.24, 2.45) is 0 Å². The summed E-state index contributed by atoms with van der Waals surface area (Å²) < 4.78 is 30.3. The number of carbonyl (C=O) groups is 2. The number of halogens is 3. The van der Waals surface area contributed by atoms with E-state index in [1.807, 2.05) is 61.5 Å². The number of benzene rings is 4. The molecule has 1 N–H and O–H groups in total. The van der Waals surface area contributed by atoms with Gasteiger partial charge in [-0.25, -0.2) is 8.42 Å². The molecule has 7 nitrogen and oxygen atoms in total. The van der Waals surface area contributed by atoms with Crippen LogP contribution in [0.5, 0.6) is 0 Å². The number of amides is 2. The highest BCUT2D eigenvalue weighted by Crippen LogP contribution is 2.31. The van der Waals surface area contributed by atoms with Crippen molar-refractivity contribution in [1.29, 1.82) is 0 Å². The van der Waals surface area contributed by atoms with Crippen molar-refractivity contribution in [3.63, 3.8) is 0 Å². The van der Waals surface area contributed by atoms with Crippen molar-refractivity contribution in [3.8, 4) is 0 Å². The van der Waals surface area contributed by atoms with Crippen LogP contribution in [-0.4, -0.2) is 43.8 Å². The van der Waals surface area contributed by atoms with Crippen LogP contribution in [0.25, 0.3) is 0 Å². The molecule has 4 aromatic rings. The minimum absolute atomic E-state index is 0.00495. The van der Waals surface area contributed by atoms with E-state index in [0.717, 1.165) is 51.2 Å². The van der Waals surface area contributed by atoms with Crippen molar-refractivity contribution in [2.75, 3.05) is 10.8 Å². The Bertz CT molecular complexity index is 1800. The number of sulfonamides is 1. The average Bonchev–Trinajstić information content (AvgIpc) is 3.54. The Balaban J connectivity index is 1.58. The molecule has 0 saturated heterocycles. The standard InChI is InChI=1S/C36H36BrCl2N3O4S/c1-25-14-16-33(17-15-25)47(45,46)42(32-21-29(38)20-30(39)22-32)24-35(43)41(23-27-10-7-11-28(37)18-27)34(19-26-8-3-2-4-9-26)36(44)40-31-12-5-6-13-31/h2-4,7-11,14-18,20-22,31,34H,5-6,12-13,19,23-24H2,1H3,(H,40,44). The molecule has 0 heterocycles. The van der Waals surface area contributed by atoms with Crippen LogP contribution in [0.2, 0.25) is 10.0 Å². The van der Waals surface area contributed by atoms with Crippen LogP contribution >= 0.6 is 39.1 Å². The van der Waals surface area contributed by atoms with Crippen molar-refractivity contribution in [2.45, 2.75) is 62.6 Å². The molecule has 1 unspecified atom stereocenters. The first-order chi connectivity index (χ1) is 22.5. The SMILES string of the molecule is Cc1ccc(S(=O)(=O)N(CC(=O)N(Cc2cccc(Br)c2)C(Cc2ccccc2)C(=O)NC2CCCC2)c2cc(Cl)cc(Cl)c2)cc1. The molecule has 1 fully saturated rings. The van der Waals surface area contributed by atoms with Gasteiger partial charge < -0.3 is 10.2 Å². The molecule has 47 heavy (non-hydrogen) atoms. The van der Waals surface area contributed by atoms with Crippen LogP contribution in [0.1, 0.15) is 42.4 Å². The Hall–Kier alpha value is -3.37. The Morgan fingerprint density at radius 2 is 1.51 bits per heavy atom. The van der Waals surface area contributed by atoms with E-state index in [2.05, 4.69) is 21.2 Å². The van der Waals surface area contributed by atoms with Crippen LogP contribution in [-0.2, 0) is 32.6 Å². The van der Waals surface area contributed by atoms with E-state index in [1.54, 1.807) is 12.1 Å². The van der Waals surface area contributed by atoms with Crippen molar-refractivity contribution < 1.29 is 18.0 Å². The number of hydrogen-bond donors (Lipinski definition) is 1. The summed E-state index contributed by atoms with van der Waals surface area (Å²) in [4.78, 5) is 30.3.